The summed E-state index contributed by atoms with van der Waals surface area (Å²) in [7, 11) is -3.81. The number of hydrogen-bond acceptors (Lipinski definition) is 3. The van der Waals surface area contributed by atoms with Gasteiger partial charge >= 0.3 is 0 Å². The van der Waals surface area contributed by atoms with E-state index in [4.69, 9.17) is 0 Å². The second kappa shape index (κ2) is 8.59. The van der Waals surface area contributed by atoms with E-state index in [0.717, 1.165) is 16.5 Å². The predicted octanol–water partition coefficient (Wildman–Crippen LogP) is 4.99. The minimum absolute atomic E-state index is 0.108. The van der Waals surface area contributed by atoms with Gasteiger partial charge in [-0.1, -0.05) is 30.3 Å². The van der Waals surface area contributed by atoms with E-state index in [1.807, 2.05) is 26.0 Å². The quantitative estimate of drug-likeness (QED) is 0.416. The number of amides is 1. The van der Waals surface area contributed by atoms with Crippen LogP contribution in [-0.4, -0.2) is 29.7 Å². The topological polar surface area (TPSA) is 59.4 Å². The summed E-state index contributed by atoms with van der Waals surface area (Å²) >= 11 is 0. The van der Waals surface area contributed by atoms with Crippen molar-refractivity contribution in [1.82, 2.24) is 8.87 Å². The summed E-state index contributed by atoms with van der Waals surface area (Å²) < 4.78 is 40.9. The van der Waals surface area contributed by atoms with E-state index in [1.165, 1.54) is 40.4 Å². The number of rotatable bonds is 6. The maximum atomic E-state index is 13.2. The van der Waals surface area contributed by atoms with E-state index < -0.39 is 10.0 Å². The summed E-state index contributed by atoms with van der Waals surface area (Å²) in [5.41, 5.74) is 2.69. The van der Waals surface area contributed by atoms with Gasteiger partial charge in [-0.15, -0.1) is 0 Å². The van der Waals surface area contributed by atoms with Gasteiger partial charge in [0.1, 0.15) is 5.82 Å². The van der Waals surface area contributed by atoms with Crippen LogP contribution < -0.4 is 0 Å². The van der Waals surface area contributed by atoms with Crippen molar-refractivity contribution in [3.8, 4) is 0 Å². The Balaban J connectivity index is 1.60. The van der Waals surface area contributed by atoms with Crippen LogP contribution in [-0.2, 0) is 16.6 Å². The molecule has 0 spiro atoms. The van der Waals surface area contributed by atoms with E-state index in [2.05, 4.69) is 0 Å². The third-order valence-electron chi connectivity index (χ3n) is 5.49. The van der Waals surface area contributed by atoms with Gasteiger partial charge in [-0.3, -0.25) is 4.79 Å². The molecule has 7 heteroatoms. The number of carbonyl (C=O) groups excluding carboxylic acids is 1. The molecule has 0 aliphatic heterocycles. The van der Waals surface area contributed by atoms with E-state index >= 15 is 0 Å². The molecular weight excluding hydrogens is 427 g/mol. The summed E-state index contributed by atoms with van der Waals surface area (Å²) in [4.78, 5) is 14.7. The van der Waals surface area contributed by atoms with Gasteiger partial charge in [0, 0.05) is 30.2 Å². The fraction of sp³-hybridized carbons (Fsp3) is 0.160. The molecule has 0 radical (unpaired) electrons. The molecule has 5 nitrogen and oxygen atoms in total. The smallest absolute Gasteiger partial charge is 0.268 e. The SMILES string of the molecule is CCN(Cc1ccc(F)cc1)C(=O)c1ccc(S(=O)(=O)n2cc(C)c3ccccc32)cc1. The fourth-order valence-corrected chi connectivity index (χ4v) is 5.14. The molecular formula is C25H23FN2O3S. The van der Waals surface area contributed by atoms with E-state index in [1.54, 1.807) is 35.4 Å². The van der Waals surface area contributed by atoms with Crippen molar-refractivity contribution in [3.63, 3.8) is 0 Å². The number of aryl methyl sites for hydroxylation is 1. The molecule has 32 heavy (non-hydrogen) atoms. The Hall–Kier alpha value is -3.45. The zero-order chi connectivity index (χ0) is 22.9. The summed E-state index contributed by atoms with van der Waals surface area (Å²) in [6.07, 6.45) is 1.61. The molecule has 0 aliphatic rings. The first kappa shape index (κ1) is 21.8. The molecule has 0 aliphatic carbocycles. The molecule has 0 bridgehead atoms. The van der Waals surface area contributed by atoms with Crippen LogP contribution >= 0.6 is 0 Å². The Labute approximate surface area is 186 Å². The largest absolute Gasteiger partial charge is 0.335 e. The highest BCUT2D eigenvalue weighted by atomic mass is 32.2. The molecule has 164 valence electrons. The minimum Gasteiger partial charge on any atom is -0.335 e. The Bertz CT molecular complexity index is 1380. The van der Waals surface area contributed by atoms with Crippen LogP contribution in [0, 0.1) is 12.7 Å². The Kier molecular flexibility index (Phi) is 5.84. The first-order valence-corrected chi connectivity index (χ1v) is 11.7. The number of fused-ring (bicyclic) bond motifs is 1. The summed E-state index contributed by atoms with van der Waals surface area (Å²) in [6, 6.07) is 19.3. The third-order valence-corrected chi connectivity index (χ3v) is 7.18. The predicted molar refractivity (Wildman–Crippen MR) is 123 cm³/mol. The van der Waals surface area contributed by atoms with Gasteiger partial charge in [0.25, 0.3) is 15.9 Å². The molecule has 0 atom stereocenters. The molecule has 1 amide bonds. The van der Waals surface area contributed by atoms with E-state index in [9.17, 15) is 17.6 Å². The average molecular weight is 451 g/mol. The Morgan fingerprint density at radius 3 is 2.28 bits per heavy atom. The van der Waals surface area contributed by atoms with Crippen LogP contribution in [0.3, 0.4) is 0 Å². The number of benzene rings is 3. The maximum absolute atomic E-state index is 13.2. The first-order chi connectivity index (χ1) is 15.3. The third kappa shape index (κ3) is 4.03. The van der Waals surface area contributed by atoms with Gasteiger partial charge in [0.2, 0.25) is 0 Å². The van der Waals surface area contributed by atoms with Crippen molar-refractivity contribution in [3.05, 3.63) is 102 Å². The van der Waals surface area contributed by atoms with Crippen molar-refractivity contribution < 1.29 is 17.6 Å². The van der Waals surface area contributed by atoms with Gasteiger partial charge in [0.05, 0.1) is 10.4 Å². The minimum atomic E-state index is -3.81. The molecule has 4 rings (SSSR count). The Morgan fingerprint density at radius 2 is 1.62 bits per heavy atom. The molecule has 0 fully saturated rings. The molecule has 3 aromatic carbocycles. The van der Waals surface area contributed by atoms with Gasteiger partial charge < -0.3 is 4.90 Å². The monoisotopic (exact) mass is 450 g/mol. The molecule has 0 N–H and O–H groups in total. The van der Waals surface area contributed by atoms with Gasteiger partial charge in [0.15, 0.2) is 0 Å². The number of para-hydroxylation sites is 1. The van der Waals surface area contributed by atoms with Gasteiger partial charge in [-0.05, 0) is 67.4 Å². The highest BCUT2D eigenvalue weighted by molar-refractivity contribution is 7.90. The number of aromatic nitrogens is 1. The number of halogens is 1. The fourth-order valence-electron chi connectivity index (χ4n) is 3.72. The lowest BCUT2D eigenvalue weighted by Crippen LogP contribution is -2.30. The van der Waals surface area contributed by atoms with Gasteiger partial charge in [-0.25, -0.2) is 16.8 Å². The van der Waals surface area contributed by atoms with Crippen LogP contribution in [0.25, 0.3) is 10.9 Å². The van der Waals surface area contributed by atoms with Crippen LogP contribution in [0.2, 0.25) is 0 Å². The van der Waals surface area contributed by atoms with Crippen LogP contribution in [0.15, 0.2) is 83.9 Å². The van der Waals surface area contributed by atoms with Crippen LogP contribution in [0.1, 0.15) is 28.4 Å². The van der Waals surface area contributed by atoms with Crippen molar-refractivity contribution in [2.45, 2.75) is 25.3 Å². The highest BCUT2D eigenvalue weighted by Gasteiger charge is 2.21. The van der Waals surface area contributed by atoms with Crippen molar-refractivity contribution >= 4 is 26.8 Å². The first-order valence-electron chi connectivity index (χ1n) is 10.3. The zero-order valence-electron chi connectivity index (χ0n) is 17.8. The molecule has 1 aromatic heterocycles. The summed E-state index contributed by atoms with van der Waals surface area (Å²) in [5, 5.41) is 0.877. The number of nitrogens with zero attached hydrogens (tertiary/aromatic N) is 2. The maximum Gasteiger partial charge on any atom is 0.268 e. The van der Waals surface area contributed by atoms with Gasteiger partial charge in [-0.2, -0.15) is 0 Å². The van der Waals surface area contributed by atoms with Crippen LogP contribution in [0.4, 0.5) is 4.39 Å². The van der Waals surface area contributed by atoms with Crippen molar-refractivity contribution in [1.29, 1.82) is 0 Å². The second-order valence-corrected chi connectivity index (χ2v) is 9.42. The van der Waals surface area contributed by atoms with E-state index in [0.29, 0.717) is 24.2 Å². The molecule has 0 saturated heterocycles. The second-order valence-electron chi connectivity index (χ2n) is 7.60. The normalized spacial score (nSPS) is 11.6. The summed E-state index contributed by atoms with van der Waals surface area (Å²) in [5.74, 6) is -0.548. The van der Waals surface area contributed by atoms with Crippen molar-refractivity contribution in [2.75, 3.05) is 6.54 Å². The van der Waals surface area contributed by atoms with E-state index in [-0.39, 0.29) is 16.6 Å². The zero-order valence-corrected chi connectivity index (χ0v) is 18.6. The Morgan fingerprint density at radius 1 is 0.969 bits per heavy atom. The molecule has 1 heterocycles. The number of carbonyl (C=O) groups is 1. The molecule has 0 saturated carbocycles. The lowest BCUT2D eigenvalue weighted by Gasteiger charge is -2.21. The standard InChI is InChI=1S/C25H23FN2O3S/c1-3-27(17-19-8-12-21(26)13-9-19)25(29)20-10-14-22(15-11-20)32(30,31)28-16-18(2)23-6-4-5-7-24(23)28/h4-16H,3,17H2,1-2H3. The van der Waals surface area contributed by atoms with Crippen molar-refractivity contribution in [2.24, 2.45) is 0 Å². The lowest BCUT2D eigenvalue weighted by molar-refractivity contribution is 0.0752. The lowest BCUT2D eigenvalue weighted by atomic mass is 10.1. The highest BCUT2D eigenvalue weighted by Crippen LogP contribution is 2.25. The molecule has 0 unspecified atom stereocenters. The summed E-state index contributed by atoms with van der Waals surface area (Å²) in [6.45, 7) is 4.53. The van der Waals surface area contributed by atoms with Crippen LogP contribution in [0.5, 0.6) is 0 Å². The average Bonchev–Trinajstić information content (AvgIpc) is 3.16. The number of hydrogen-bond donors (Lipinski definition) is 0. The molecule has 4 aromatic rings.